The number of unbranched alkanes of at least 4 members (excludes halogenated alkanes) is 4. The van der Waals surface area contributed by atoms with Gasteiger partial charge in [0.05, 0.1) is 0 Å². The molecule has 3 N–H and O–H groups in total. The van der Waals surface area contributed by atoms with Gasteiger partial charge in [0.25, 0.3) is 5.91 Å². The Morgan fingerprint density at radius 1 is 0.833 bits per heavy atom. The number of benzene rings is 1. The second kappa shape index (κ2) is 21.0. The lowest BCUT2D eigenvalue weighted by Crippen LogP contribution is -2.30. The first-order valence-corrected chi connectivity index (χ1v) is 13.1. The van der Waals surface area contributed by atoms with Crippen molar-refractivity contribution in [2.45, 2.75) is 77.6 Å². The largest absolute Gasteiger partial charge is 0.504 e. The second-order valence-electron chi connectivity index (χ2n) is 8.56. The highest BCUT2D eigenvalue weighted by atomic mass is 16.5. The van der Waals surface area contributed by atoms with Crippen LogP contribution in [0.1, 0.15) is 76.7 Å². The maximum atomic E-state index is 11.8. The first-order chi connectivity index (χ1) is 17.5. The van der Waals surface area contributed by atoms with Gasteiger partial charge in [0.15, 0.2) is 18.1 Å². The standard InChI is InChI=1S/C30H43NO5/c1-2-3-4-5-6-7-8-9-10-11-12-13-14-15-16-17-18-19-30(35)36-25-29(34)31-23-22-26-20-21-27(32)28(33)24-26/h6-7,9-10,12-13,15-16,20-21,24,32-33H,2-5,8,11,14,17-19,22-23,25H2,1H3,(H,31,34)/b7-6-,10-9-,13-12-,16-15-. The summed E-state index contributed by atoms with van der Waals surface area (Å²) in [6.07, 6.45) is 27.4. The summed E-state index contributed by atoms with van der Waals surface area (Å²) in [5.74, 6) is -1.13. The minimum Gasteiger partial charge on any atom is -0.504 e. The number of carbonyl (C=O) groups excluding carboxylic acids is 2. The lowest BCUT2D eigenvalue weighted by atomic mass is 10.1. The molecule has 36 heavy (non-hydrogen) atoms. The molecule has 6 heteroatoms. The molecule has 0 aliphatic rings. The van der Waals surface area contributed by atoms with Crippen molar-refractivity contribution in [3.63, 3.8) is 0 Å². The van der Waals surface area contributed by atoms with E-state index < -0.39 is 0 Å². The molecule has 0 atom stereocenters. The van der Waals surface area contributed by atoms with Crippen molar-refractivity contribution >= 4 is 11.9 Å². The number of carbonyl (C=O) groups is 2. The van der Waals surface area contributed by atoms with E-state index in [1.54, 1.807) is 6.07 Å². The van der Waals surface area contributed by atoms with Crippen LogP contribution in [-0.2, 0) is 20.7 Å². The van der Waals surface area contributed by atoms with E-state index in [-0.39, 0.29) is 36.4 Å². The predicted octanol–water partition coefficient (Wildman–Crippen LogP) is 6.45. The Balaban J connectivity index is 1.98. The normalized spacial score (nSPS) is 11.8. The molecule has 0 unspecified atom stereocenters. The van der Waals surface area contributed by atoms with Gasteiger partial charge >= 0.3 is 5.97 Å². The fourth-order valence-corrected chi connectivity index (χ4v) is 3.27. The molecule has 0 fully saturated rings. The van der Waals surface area contributed by atoms with E-state index >= 15 is 0 Å². The molecule has 1 amide bonds. The molecule has 1 aromatic rings. The number of rotatable bonds is 19. The van der Waals surface area contributed by atoms with Crippen molar-refractivity contribution in [3.05, 3.63) is 72.4 Å². The van der Waals surface area contributed by atoms with Gasteiger partial charge in [0.1, 0.15) is 0 Å². The Morgan fingerprint density at radius 2 is 1.44 bits per heavy atom. The third kappa shape index (κ3) is 17.2. The number of nitrogens with one attached hydrogen (secondary N) is 1. The van der Waals surface area contributed by atoms with Crippen LogP contribution < -0.4 is 5.32 Å². The van der Waals surface area contributed by atoms with Gasteiger partial charge in [-0.25, -0.2) is 0 Å². The van der Waals surface area contributed by atoms with Crippen molar-refractivity contribution in [2.75, 3.05) is 13.2 Å². The van der Waals surface area contributed by atoms with Crippen molar-refractivity contribution in [2.24, 2.45) is 0 Å². The number of hydrogen-bond acceptors (Lipinski definition) is 5. The average Bonchev–Trinajstić information content (AvgIpc) is 2.86. The second-order valence-corrected chi connectivity index (χ2v) is 8.56. The zero-order valence-corrected chi connectivity index (χ0v) is 21.7. The van der Waals surface area contributed by atoms with Gasteiger partial charge in [0.2, 0.25) is 0 Å². The van der Waals surface area contributed by atoms with Crippen LogP contribution in [0.3, 0.4) is 0 Å². The fraction of sp³-hybridized carbons (Fsp3) is 0.467. The van der Waals surface area contributed by atoms with Gasteiger partial charge in [0, 0.05) is 13.0 Å². The van der Waals surface area contributed by atoms with Gasteiger partial charge < -0.3 is 20.3 Å². The molecule has 0 saturated heterocycles. The minimum atomic E-state index is -0.385. The number of esters is 1. The quantitative estimate of drug-likeness (QED) is 0.0884. The maximum Gasteiger partial charge on any atom is 0.306 e. The summed E-state index contributed by atoms with van der Waals surface area (Å²) in [6, 6.07) is 4.51. The number of hydrogen-bond donors (Lipinski definition) is 3. The van der Waals surface area contributed by atoms with E-state index in [1.807, 2.05) is 0 Å². The van der Waals surface area contributed by atoms with Crippen molar-refractivity contribution in [1.82, 2.24) is 5.32 Å². The molecule has 1 rings (SSSR count). The highest BCUT2D eigenvalue weighted by Gasteiger charge is 2.07. The first-order valence-electron chi connectivity index (χ1n) is 13.1. The predicted molar refractivity (Wildman–Crippen MR) is 146 cm³/mol. The number of phenolic OH excluding ortho intramolecular Hbond substituents is 2. The minimum absolute atomic E-state index is 0.183. The Hall–Kier alpha value is -3.28. The van der Waals surface area contributed by atoms with Gasteiger partial charge in [-0.3, -0.25) is 9.59 Å². The Labute approximate surface area is 216 Å². The van der Waals surface area contributed by atoms with Crippen LogP contribution in [0.25, 0.3) is 0 Å². The van der Waals surface area contributed by atoms with E-state index in [0.717, 1.165) is 31.2 Å². The van der Waals surface area contributed by atoms with Crippen molar-refractivity contribution in [1.29, 1.82) is 0 Å². The lowest BCUT2D eigenvalue weighted by molar-refractivity contribution is -0.148. The molecule has 0 aliphatic carbocycles. The molecular weight excluding hydrogens is 454 g/mol. The smallest absolute Gasteiger partial charge is 0.306 e. The third-order valence-electron chi connectivity index (χ3n) is 5.35. The number of ether oxygens (including phenoxy) is 1. The summed E-state index contributed by atoms with van der Waals surface area (Å²) < 4.78 is 5.00. The van der Waals surface area contributed by atoms with E-state index in [0.29, 0.717) is 19.4 Å². The zero-order valence-electron chi connectivity index (χ0n) is 21.7. The van der Waals surface area contributed by atoms with Crippen molar-refractivity contribution in [3.8, 4) is 11.5 Å². The Morgan fingerprint density at radius 3 is 2.06 bits per heavy atom. The van der Waals surface area contributed by atoms with Crippen LogP contribution in [0, 0.1) is 0 Å². The number of phenols is 2. The van der Waals surface area contributed by atoms with Gasteiger partial charge in [-0.2, -0.15) is 0 Å². The number of aromatic hydroxyl groups is 2. The van der Waals surface area contributed by atoms with Crippen LogP contribution in [-0.4, -0.2) is 35.2 Å². The summed E-state index contributed by atoms with van der Waals surface area (Å²) in [4.78, 5) is 23.6. The fourth-order valence-electron chi connectivity index (χ4n) is 3.27. The first kappa shape index (κ1) is 30.8. The lowest BCUT2D eigenvalue weighted by Gasteiger charge is -2.07. The van der Waals surface area contributed by atoms with E-state index in [2.05, 4.69) is 60.8 Å². The molecule has 0 radical (unpaired) electrons. The Bertz CT molecular complexity index is 870. The highest BCUT2D eigenvalue weighted by molar-refractivity contribution is 5.80. The zero-order chi connectivity index (χ0) is 26.3. The van der Waals surface area contributed by atoms with Gasteiger partial charge in [-0.05, 0) is 69.1 Å². The van der Waals surface area contributed by atoms with Crippen molar-refractivity contribution < 1.29 is 24.5 Å². The summed E-state index contributed by atoms with van der Waals surface area (Å²) in [5, 5.41) is 21.4. The van der Waals surface area contributed by atoms with Crippen LogP contribution >= 0.6 is 0 Å². The average molecular weight is 498 g/mol. The molecule has 6 nitrogen and oxygen atoms in total. The number of allylic oxidation sites excluding steroid dienone is 8. The van der Waals surface area contributed by atoms with Gasteiger partial charge in [-0.15, -0.1) is 0 Å². The van der Waals surface area contributed by atoms with Crippen LogP contribution in [0.2, 0.25) is 0 Å². The van der Waals surface area contributed by atoms with Gasteiger partial charge in [-0.1, -0.05) is 74.4 Å². The molecule has 0 bridgehead atoms. The third-order valence-corrected chi connectivity index (χ3v) is 5.35. The number of amides is 1. The Kier molecular flexibility index (Phi) is 18.0. The molecule has 198 valence electrons. The summed E-state index contributed by atoms with van der Waals surface area (Å²) in [7, 11) is 0. The molecular formula is C30H43NO5. The molecule has 1 aromatic carbocycles. The van der Waals surface area contributed by atoms with Crippen LogP contribution in [0.15, 0.2) is 66.8 Å². The topological polar surface area (TPSA) is 95.9 Å². The monoisotopic (exact) mass is 497 g/mol. The highest BCUT2D eigenvalue weighted by Crippen LogP contribution is 2.24. The summed E-state index contributed by atoms with van der Waals surface area (Å²) >= 11 is 0. The molecule has 0 saturated carbocycles. The van der Waals surface area contributed by atoms with Crippen LogP contribution in [0.4, 0.5) is 0 Å². The molecule has 0 heterocycles. The van der Waals surface area contributed by atoms with E-state index in [9.17, 15) is 19.8 Å². The molecule has 0 aromatic heterocycles. The van der Waals surface area contributed by atoms with E-state index in [4.69, 9.17) is 4.74 Å². The molecule has 0 spiro atoms. The summed E-state index contributed by atoms with van der Waals surface area (Å²) in [5.41, 5.74) is 0.777. The van der Waals surface area contributed by atoms with E-state index in [1.165, 1.54) is 37.8 Å². The van der Waals surface area contributed by atoms with Crippen LogP contribution in [0.5, 0.6) is 11.5 Å². The summed E-state index contributed by atoms with van der Waals surface area (Å²) in [6.45, 7) is 2.26. The molecule has 0 aliphatic heterocycles. The maximum absolute atomic E-state index is 11.8. The SMILES string of the molecule is CCCCC/C=C\C/C=C\C/C=C\C/C=C\CCCC(=O)OCC(=O)NCCc1ccc(O)c(O)c1.